The Morgan fingerprint density at radius 1 is 1.57 bits per heavy atom. The van der Waals surface area contributed by atoms with Crippen molar-refractivity contribution in [2.45, 2.75) is 0 Å². The fourth-order valence-corrected chi connectivity index (χ4v) is 1.48. The molecule has 0 radical (unpaired) electrons. The minimum Gasteiger partial charge on any atom is -0.465 e. The highest BCUT2D eigenvalue weighted by Crippen LogP contribution is 2.19. The third-order valence-corrected chi connectivity index (χ3v) is 2.58. The summed E-state index contributed by atoms with van der Waals surface area (Å²) >= 11 is 8.03. The quantitative estimate of drug-likeness (QED) is 0.660. The van der Waals surface area contributed by atoms with Crippen LogP contribution in [0.2, 0.25) is 0 Å². The number of halogens is 1. The number of benzene rings is 1. The average Bonchev–Trinajstić information content (AvgIpc) is 2.17. The molecule has 1 aromatic rings. The van der Waals surface area contributed by atoms with E-state index in [0.717, 1.165) is 0 Å². The summed E-state index contributed by atoms with van der Waals surface area (Å²) in [6.45, 7) is 0. The Kier molecular flexibility index (Phi) is 3.60. The number of esters is 1. The molecule has 0 aliphatic carbocycles. The predicted molar refractivity (Wildman–Crippen MR) is 61.4 cm³/mol. The highest BCUT2D eigenvalue weighted by molar-refractivity contribution is 9.10. The first kappa shape index (κ1) is 11.1. The molecule has 1 aromatic carbocycles. The molecule has 0 atom stereocenters. The number of methoxy groups -OCH3 is 1. The van der Waals surface area contributed by atoms with Gasteiger partial charge >= 0.3 is 5.97 Å². The lowest BCUT2D eigenvalue weighted by atomic mass is 10.1. The molecule has 0 heterocycles. The number of rotatable bonds is 2. The molecule has 2 N–H and O–H groups in total. The zero-order valence-electron chi connectivity index (χ0n) is 7.41. The second-order valence-electron chi connectivity index (χ2n) is 2.55. The summed E-state index contributed by atoms with van der Waals surface area (Å²) in [4.78, 5) is 11.5. The molecule has 0 bridgehead atoms. The van der Waals surface area contributed by atoms with Gasteiger partial charge in [0, 0.05) is 10.0 Å². The van der Waals surface area contributed by atoms with Crippen molar-refractivity contribution >= 4 is 39.1 Å². The van der Waals surface area contributed by atoms with Gasteiger partial charge in [0.05, 0.1) is 12.7 Å². The number of carbonyl (C=O) groups is 1. The van der Waals surface area contributed by atoms with Crippen LogP contribution >= 0.6 is 28.1 Å². The Hall–Kier alpha value is -0.940. The minimum absolute atomic E-state index is 0.252. The van der Waals surface area contributed by atoms with Gasteiger partial charge in [-0.15, -0.1) is 0 Å². The van der Waals surface area contributed by atoms with E-state index in [2.05, 4.69) is 20.7 Å². The Morgan fingerprint density at radius 2 is 2.21 bits per heavy atom. The number of thiocarbonyl (C=S) groups is 1. The van der Waals surface area contributed by atoms with Crippen molar-refractivity contribution in [3.63, 3.8) is 0 Å². The molecule has 0 unspecified atom stereocenters. The summed E-state index contributed by atoms with van der Waals surface area (Å²) in [5.74, 6) is -0.421. The van der Waals surface area contributed by atoms with E-state index in [1.165, 1.54) is 7.11 Å². The maximum atomic E-state index is 11.3. The Balaban J connectivity index is 3.21. The van der Waals surface area contributed by atoms with Crippen molar-refractivity contribution in [3.8, 4) is 0 Å². The summed E-state index contributed by atoms with van der Waals surface area (Å²) in [5.41, 5.74) is 6.50. The van der Waals surface area contributed by atoms with Gasteiger partial charge in [0.1, 0.15) is 4.99 Å². The van der Waals surface area contributed by atoms with Crippen LogP contribution in [0.1, 0.15) is 15.9 Å². The van der Waals surface area contributed by atoms with Gasteiger partial charge in [-0.2, -0.15) is 0 Å². The first-order chi connectivity index (χ1) is 6.56. The molecule has 0 spiro atoms. The van der Waals surface area contributed by atoms with Crippen LogP contribution in [0.4, 0.5) is 0 Å². The lowest BCUT2D eigenvalue weighted by molar-refractivity contribution is 0.0599. The smallest absolute Gasteiger partial charge is 0.339 e. The third kappa shape index (κ3) is 2.30. The highest BCUT2D eigenvalue weighted by atomic mass is 79.9. The molecule has 0 amide bonds. The average molecular weight is 274 g/mol. The van der Waals surface area contributed by atoms with Crippen LogP contribution in [0.3, 0.4) is 0 Å². The summed E-state index contributed by atoms with van der Waals surface area (Å²) in [5, 5.41) is 0. The molecule has 5 heteroatoms. The zero-order chi connectivity index (χ0) is 10.7. The van der Waals surface area contributed by atoms with Crippen LogP contribution in [0.15, 0.2) is 22.7 Å². The topological polar surface area (TPSA) is 52.3 Å². The van der Waals surface area contributed by atoms with Crippen molar-refractivity contribution in [1.82, 2.24) is 0 Å². The fraction of sp³-hybridized carbons (Fsp3) is 0.111. The molecular weight excluding hydrogens is 266 g/mol. The second kappa shape index (κ2) is 4.52. The molecule has 74 valence electrons. The van der Waals surface area contributed by atoms with Crippen LogP contribution < -0.4 is 5.73 Å². The van der Waals surface area contributed by atoms with Crippen molar-refractivity contribution in [2.75, 3.05) is 7.11 Å². The van der Waals surface area contributed by atoms with Gasteiger partial charge in [-0.3, -0.25) is 0 Å². The van der Waals surface area contributed by atoms with E-state index >= 15 is 0 Å². The number of hydrogen-bond acceptors (Lipinski definition) is 3. The van der Waals surface area contributed by atoms with Gasteiger partial charge in [0.25, 0.3) is 0 Å². The Morgan fingerprint density at radius 3 is 2.71 bits per heavy atom. The van der Waals surface area contributed by atoms with E-state index < -0.39 is 5.97 Å². The number of carbonyl (C=O) groups excluding carboxylic acids is 1. The molecule has 0 aromatic heterocycles. The second-order valence-corrected chi connectivity index (χ2v) is 3.84. The van der Waals surface area contributed by atoms with Gasteiger partial charge < -0.3 is 10.5 Å². The maximum Gasteiger partial charge on any atom is 0.339 e. The van der Waals surface area contributed by atoms with E-state index in [1.807, 2.05) is 0 Å². The van der Waals surface area contributed by atoms with Crippen molar-refractivity contribution in [2.24, 2.45) is 5.73 Å². The fourth-order valence-electron chi connectivity index (χ4n) is 0.945. The SMILES string of the molecule is COC(=O)c1cc(C(N)=S)ccc1Br. The lowest BCUT2D eigenvalue weighted by Crippen LogP contribution is -2.11. The Labute approximate surface area is 95.4 Å². The van der Waals surface area contributed by atoms with E-state index in [9.17, 15) is 4.79 Å². The third-order valence-electron chi connectivity index (χ3n) is 1.66. The van der Waals surface area contributed by atoms with Gasteiger partial charge in [-0.05, 0) is 28.1 Å². The van der Waals surface area contributed by atoms with Crippen molar-refractivity contribution in [3.05, 3.63) is 33.8 Å². The lowest BCUT2D eigenvalue weighted by Gasteiger charge is -2.04. The van der Waals surface area contributed by atoms with Gasteiger partial charge in [0.2, 0.25) is 0 Å². The molecule has 0 fully saturated rings. The molecule has 0 aliphatic heterocycles. The maximum absolute atomic E-state index is 11.3. The van der Waals surface area contributed by atoms with Crippen molar-refractivity contribution in [1.29, 1.82) is 0 Å². The number of hydrogen-bond donors (Lipinski definition) is 1. The van der Waals surface area contributed by atoms with Gasteiger partial charge in [-0.25, -0.2) is 4.79 Å². The standard InChI is InChI=1S/C9H8BrNO2S/c1-13-9(12)6-4-5(8(11)14)2-3-7(6)10/h2-4H,1H3,(H2,11,14). The van der Waals surface area contributed by atoms with E-state index in [-0.39, 0.29) is 4.99 Å². The molecule has 0 aliphatic rings. The first-order valence-corrected chi connectivity index (χ1v) is 4.94. The summed E-state index contributed by atoms with van der Waals surface area (Å²) in [7, 11) is 1.32. The van der Waals surface area contributed by atoms with Crippen LogP contribution in [0, 0.1) is 0 Å². The van der Waals surface area contributed by atoms with Gasteiger partial charge in [-0.1, -0.05) is 18.3 Å². The molecule has 0 saturated carbocycles. The number of nitrogens with two attached hydrogens (primary N) is 1. The minimum atomic E-state index is -0.421. The van der Waals surface area contributed by atoms with E-state index in [4.69, 9.17) is 18.0 Å². The van der Waals surface area contributed by atoms with Crippen LogP contribution in [-0.2, 0) is 4.74 Å². The number of ether oxygens (including phenoxy) is 1. The summed E-state index contributed by atoms with van der Waals surface area (Å²) in [6, 6.07) is 5.04. The molecule has 14 heavy (non-hydrogen) atoms. The normalized spacial score (nSPS) is 9.57. The van der Waals surface area contributed by atoms with Crippen LogP contribution in [0.5, 0.6) is 0 Å². The van der Waals surface area contributed by atoms with Crippen LogP contribution in [0.25, 0.3) is 0 Å². The molecule has 1 rings (SSSR count). The van der Waals surface area contributed by atoms with Gasteiger partial charge in [0.15, 0.2) is 0 Å². The molecular formula is C9H8BrNO2S. The first-order valence-electron chi connectivity index (χ1n) is 3.74. The Bertz CT molecular complexity index is 392. The molecule has 3 nitrogen and oxygen atoms in total. The van der Waals surface area contributed by atoms with Crippen LogP contribution in [-0.4, -0.2) is 18.1 Å². The monoisotopic (exact) mass is 273 g/mol. The summed E-state index contributed by atoms with van der Waals surface area (Å²) in [6.07, 6.45) is 0. The summed E-state index contributed by atoms with van der Waals surface area (Å²) < 4.78 is 5.26. The molecule has 0 saturated heterocycles. The van der Waals surface area contributed by atoms with E-state index in [1.54, 1.807) is 18.2 Å². The largest absolute Gasteiger partial charge is 0.465 e. The predicted octanol–water partition coefficient (Wildman–Crippen LogP) is 1.87. The zero-order valence-corrected chi connectivity index (χ0v) is 9.81. The van der Waals surface area contributed by atoms with Crippen molar-refractivity contribution < 1.29 is 9.53 Å². The highest BCUT2D eigenvalue weighted by Gasteiger charge is 2.11. The van der Waals surface area contributed by atoms with E-state index in [0.29, 0.717) is 15.6 Å².